The van der Waals surface area contributed by atoms with E-state index >= 15 is 0 Å². The molecule has 0 amide bonds. The Morgan fingerprint density at radius 2 is 1.07 bits per heavy atom. The average molecular weight is 402 g/mol. The van der Waals surface area contributed by atoms with Gasteiger partial charge in [0.25, 0.3) is 0 Å². The Labute approximate surface area is 172 Å². The zero-order chi connectivity index (χ0) is 21.1. The summed E-state index contributed by atoms with van der Waals surface area (Å²) in [5, 5.41) is 0. The van der Waals surface area contributed by atoms with Gasteiger partial charge in [-0.3, -0.25) is 0 Å². The average Bonchev–Trinajstić information content (AvgIpc) is 3.06. The van der Waals surface area contributed by atoms with E-state index in [-0.39, 0.29) is 18.1 Å². The molecule has 6 heteroatoms. The number of ether oxygens (including phenoxy) is 6. The Kier molecular flexibility index (Phi) is 6.42. The van der Waals surface area contributed by atoms with E-state index in [1.807, 2.05) is 30.3 Å². The predicted octanol–water partition coefficient (Wildman–Crippen LogP) is 4.81. The summed E-state index contributed by atoms with van der Waals surface area (Å²) in [5.74, 6) is 3.82. The molecule has 3 rings (SSSR count). The fourth-order valence-corrected chi connectivity index (χ4v) is 4.02. The second kappa shape index (κ2) is 8.82. The molecule has 29 heavy (non-hydrogen) atoms. The highest BCUT2D eigenvalue weighted by atomic mass is 16.5. The van der Waals surface area contributed by atoms with Crippen molar-refractivity contribution in [3.63, 3.8) is 0 Å². The Balaban J connectivity index is 1.96. The minimum Gasteiger partial charge on any atom is -0.493 e. The van der Waals surface area contributed by atoms with Gasteiger partial charge in [0.2, 0.25) is 5.75 Å². The van der Waals surface area contributed by atoms with Gasteiger partial charge in [-0.1, -0.05) is 19.9 Å². The number of methoxy groups -OCH3 is 5. The van der Waals surface area contributed by atoms with Crippen molar-refractivity contribution in [2.75, 3.05) is 35.5 Å². The molecule has 1 aliphatic heterocycles. The molecule has 6 nitrogen and oxygen atoms in total. The molecular weight excluding hydrogens is 372 g/mol. The highest BCUT2D eigenvalue weighted by Crippen LogP contribution is 2.52. The fourth-order valence-electron chi connectivity index (χ4n) is 4.02. The fraction of sp³-hybridized carbons (Fsp3) is 0.478. The van der Waals surface area contributed by atoms with Crippen molar-refractivity contribution in [2.24, 2.45) is 11.8 Å². The minimum atomic E-state index is -0.100. The SMILES string of the molecule is COc1ccc([C@H]2O[C@H](c3cc(OC)c(OC)c(OC)c3)[C@@H](C)[C@H]2C)cc1OC. The molecule has 0 bridgehead atoms. The van der Waals surface area contributed by atoms with Crippen LogP contribution in [0.4, 0.5) is 0 Å². The molecule has 0 spiro atoms. The number of benzene rings is 2. The van der Waals surface area contributed by atoms with E-state index in [0.717, 1.165) is 11.1 Å². The van der Waals surface area contributed by atoms with Crippen LogP contribution in [0.5, 0.6) is 28.7 Å². The lowest BCUT2D eigenvalue weighted by atomic mass is 9.85. The summed E-state index contributed by atoms with van der Waals surface area (Å²) in [6, 6.07) is 9.87. The van der Waals surface area contributed by atoms with Crippen LogP contribution < -0.4 is 23.7 Å². The van der Waals surface area contributed by atoms with Crippen molar-refractivity contribution in [3.05, 3.63) is 41.5 Å². The normalized spacial score (nSPS) is 23.6. The maximum atomic E-state index is 6.56. The van der Waals surface area contributed by atoms with Crippen LogP contribution in [0.3, 0.4) is 0 Å². The van der Waals surface area contributed by atoms with Gasteiger partial charge < -0.3 is 28.4 Å². The Morgan fingerprint density at radius 1 is 0.586 bits per heavy atom. The summed E-state index contributed by atoms with van der Waals surface area (Å²) in [7, 11) is 8.12. The van der Waals surface area contributed by atoms with E-state index in [0.29, 0.717) is 34.7 Å². The van der Waals surface area contributed by atoms with E-state index < -0.39 is 0 Å². The quantitative estimate of drug-likeness (QED) is 0.662. The monoisotopic (exact) mass is 402 g/mol. The first kappa shape index (κ1) is 21.1. The molecule has 2 aromatic carbocycles. The van der Waals surface area contributed by atoms with Gasteiger partial charge in [-0.05, 0) is 47.2 Å². The molecule has 4 atom stereocenters. The molecule has 0 radical (unpaired) electrons. The highest BCUT2D eigenvalue weighted by Gasteiger charge is 2.41. The molecule has 0 aliphatic carbocycles. The molecule has 2 aromatic rings. The Morgan fingerprint density at radius 3 is 1.55 bits per heavy atom. The van der Waals surface area contributed by atoms with Gasteiger partial charge in [-0.25, -0.2) is 0 Å². The number of rotatable bonds is 7. The smallest absolute Gasteiger partial charge is 0.203 e. The van der Waals surface area contributed by atoms with Crippen LogP contribution in [0.1, 0.15) is 37.2 Å². The van der Waals surface area contributed by atoms with Crippen molar-refractivity contribution in [2.45, 2.75) is 26.1 Å². The lowest BCUT2D eigenvalue weighted by Crippen LogP contribution is -2.10. The van der Waals surface area contributed by atoms with Gasteiger partial charge in [-0.15, -0.1) is 0 Å². The van der Waals surface area contributed by atoms with E-state index in [9.17, 15) is 0 Å². The van der Waals surface area contributed by atoms with Gasteiger partial charge in [0.1, 0.15) is 0 Å². The molecule has 1 fully saturated rings. The zero-order valence-electron chi connectivity index (χ0n) is 18.1. The third-order valence-corrected chi connectivity index (χ3v) is 5.83. The second-order valence-corrected chi connectivity index (χ2v) is 7.27. The molecular formula is C23H30O6. The third-order valence-electron chi connectivity index (χ3n) is 5.83. The van der Waals surface area contributed by atoms with E-state index in [1.54, 1.807) is 35.5 Å². The molecule has 0 aromatic heterocycles. The van der Waals surface area contributed by atoms with E-state index in [2.05, 4.69) is 13.8 Å². The number of hydrogen-bond acceptors (Lipinski definition) is 6. The van der Waals surface area contributed by atoms with Crippen LogP contribution in [0, 0.1) is 11.8 Å². The van der Waals surface area contributed by atoms with E-state index in [1.165, 1.54) is 0 Å². The third kappa shape index (κ3) is 3.81. The van der Waals surface area contributed by atoms with Crippen LogP contribution in [0.25, 0.3) is 0 Å². The van der Waals surface area contributed by atoms with Crippen LogP contribution in [-0.4, -0.2) is 35.5 Å². The van der Waals surface area contributed by atoms with Gasteiger partial charge in [0, 0.05) is 0 Å². The molecule has 0 saturated carbocycles. The molecule has 0 unspecified atom stereocenters. The highest BCUT2D eigenvalue weighted by molar-refractivity contribution is 5.54. The topological polar surface area (TPSA) is 55.4 Å². The van der Waals surface area contributed by atoms with Crippen LogP contribution >= 0.6 is 0 Å². The molecule has 158 valence electrons. The summed E-state index contributed by atoms with van der Waals surface area (Å²) in [5.41, 5.74) is 2.07. The van der Waals surface area contributed by atoms with Crippen molar-refractivity contribution in [1.82, 2.24) is 0 Å². The standard InChI is InChI=1S/C23H30O6/c1-13-14(2)22(16-11-19(26-5)23(28-7)20(12-16)27-6)29-21(13)15-8-9-17(24-3)18(10-15)25-4/h8-14,21-22H,1-7H3/t13-,14+,21+,22+/m1/s1. The largest absolute Gasteiger partial charge is 0.493 e. The van der Waals surface area contributed by atoms with Crippen molar-refractivity contribution in [1.29, 1.82) is 0 Å². The van der Waals surface area contributed by atoms with Gasteiger partial charge in [-0.2, -0.15) is 0 Å². The first-order chi connectivity index (χ1) is 14.0. The lowest BCUT2D eigenvalue weighted by Gasteiger charge is -2.20. The Bertz CT molecular complexity index is 824. The van der Waals surface area contributed by atoms with Gasteiger partial charge in [0.15, 0.2) is 23.0 Å². The summed E-state index contributed by atoms with van der Waals surface area (Å²) < 4.78 is 33.9. The summed E-state index contributed by atoms with van der Waals surface area (Å²) >= 11 is 0. The van der Waals surface area contributed by atoms with Crippen LogP contribution in [0.15, 0.2) is 30.3 Å². The van der Waals surface area contributed by atoms with Crippen molar-refractivity contribution in [3.8, 4) is 28.7 Å². The van der Waals surface area contributed by atoms with Gasteiger partial charge in [0.05, 0.1) is 47.8 Å². The molecule has 1 saturated heterocycles. The van der Waals surface area contributed by atoms with Crippen LogP contribution in [-0.2, 0) is 4.74 Å². The minimum absolute atomic E-state index is 0.0612. The maximum absolute atomic E-state index is 6.56. The molecule has 1 heterocycles. The van der Waals surface area contributed by atoms with Crippen molar-refractivity contribution >= 4 is 0 Å². The maximum Gasteiger partial charge on any atom is 0.203 e. The Hall–Kier alpha value is -2.60. The summed E-state index contributed by atoms with van der Waals surface area (Å²) in [6.45, 7) is 4.42. The number of hydrogen-bond donors (Lipinski definition) is 0. The van der Waals surface area contributed by atoms with Gasteiger partial charge >= 0.3 is 0 Å². The van der Waals surface area contributed by atoms with Crippen molar-refractivity contribution < 1.29 is 28.4 Å². The van der Waals surface area contributed by atoms with Crippen LogP contribution in [0.2, 0.25) is 0 Å². The molecule has 0 N–H and O–H groups in total. The predicted molar refractivity (Wildman–Crippen MR) is 111 cm³/mol. The zero-order valence-corrected chi connectivity index (χ0v) is 18.1. The van der Waals surface area contributed by atoms with E-state index in [4.69, 9.17) is 28.4 Å². The second-order valence-electron chi connectivity index (χ2n) is 7.27. The summed E-state index contributed by atoms with van der Waals surface area (Å²) in [4.78, 5) is 0. The lowest BCUT2D eigenvalue weighted by molar-refractivity contribution is 0.0286. The first-order valence-electron chi connectivity index (χ1n) is 9.66. The summed E-state index contributed by atoms with van der Waals surface area (Å²) in [6.07, 6.45) is -0.161. The first-order valence-corrected chi connectivity index (χ1v) is 9.66. The molecule has 1 aliphatic rings.